The van der Waals surface area contributed by atoms with Gasteiger partial charge < -0.3 is 9.47 Å². The topological polar surface area (TPSA) is 81.7 Å². The highest BCUT2D eigenvalue weighted by atomic mass is 16.2. The lowest BCUT2D eigenvalue weighted by atomic mass is 10.1. The van der Waals surface area contributed by atoms with Gasteiger partial charge in [0.25, 0.3) is 0 Å². The second kappa shape index (κ2) is 6.47. The second-order valence-corrected chi connectivity index (χ2v) is 6.38. The predicted molar refractivity (Wildman–Crippen MR) is 83.5 cm³/mol. The zero-order chi connectivity index (χ0) is 16.4. The first-order valence-corrected chi connectivity index (χ1v) is 8.10. The summed E-state index contributed by atoms with van der Waals surface area (Å²) in [5.74, 6) is 2.39. The van der Waals surface area contributed by atoms with Crippen LogP contribution in [0.1, 0.15) is 57.2 Å². The Hall–Kier alpha value is -2.25. The molecule has 1 aliphatic heterocycles. The Morgan fingerprint density at radius 1 is 1.39 bits per heavy atom. The summed E-state index contributed by atoms with van der Waals surface area (Å²) in [6.45, 7) is 8.33. The number of rotatable bonds is 5. The SMILES string of the molecule is CC(C)c1nnc2n1[C@@H](C)CN(C(=O)CCCn1cncn1)C2. The molecule has 2 aromatic heterocycles. The van der Waals surface area contributed by atoms with E-state index in [0.717, 1.165) is 18.1 Å². The lowest BCUT2D eigenvalue weighted by Gasteiger charge is -2.33. The standard InChI is InChI=1S/C15H23N7O/c1-11(2)15-19-18-13-8-20(7-12(3)22(13)15)14(23)5-4-6-21-10-16-9-17-21/h9-12H,4-8H2,1-3H3/t12-/m0/s1. The van der Waals surface area contributed by atoms with Crippen molar-refractivity contribution in [3.05, 3.63) is 24.3 Å². The Morgan fingerprint density at radius 2 is 2.22 bits per heavy atom. The highest BCUT2D eigenvalue weighted by molar-refractivity contribution is 5.76. The van der Waals surface area contributed by atoms with Gasteiger partial charge in [-0.1, -0.05) is 13.8 Å². The maximum absolute atomic E-state index is 12.4. The summed E-state index contributed by atoms with van der Waals surface area (Å²) in [6, 6.07) is 0.213. The molecule has 0 fully saturated rings. The zero-order valence-corrected chi connectivity index (χ0v) is 13.9. The van der Waals surface area contributed by atoms with Crippen LogP contribution in [0.3, 0.4) is 0 Å². The van der Waals surface area contributed by atoms with Gasteiger partial charge in [-0.05, 0) is 13.3 Å². The number of hydrogen-bond donors (Lipinski definition) is 0. The molecule has 8 nitrogen and oxygen atoms in total. The van der Waals surface area contributed by atoms with E-state index in [2.05, 4.69) is 45.6 Å². The first-order valence-electron chi connectivity index (χ1n) is 8.10. The van der Waals surface area contributed by atoms with Gasteiger partial charge in [0.2, 0.25) is 5.91 Å². The van der Waals surface area contributed by atoms with E-state index in [1.165, 1.54) is 6.33 Å². The van der Waals surface area contributed by atoms with Crippen LogP contribution in [0.5, 0.6) is 0 Å². The maximum Gasteiger partial charge on any atom is 0.223 e. The molecule has 0 unspecified atom stereocenters. The normalized spacial score (nSPS) is 17.6. The Morgan fingerprint density at radius 3 is 2.91 bits per heavy atom. The third-order valence-corrected chi connectivity index (χ3v) is 4.16. The van der Waals surface area contributed by atoms with Gasteiger partial charge in [0.1, 0.15) is 18.5 Å². The minimum Gasteiger partial charge on any atom is -0.333 e. The number of amides is 1. The van der Waals surface area contributed by atoms with Crippen LogP contribution in [0.15, 0.2) is 12.7 Å². The lowest BCUT2D eigenvalue weighted by Crippen LogP contribution is -2.40. The van der Waals surface area contributed by atoms with Gasteiger partial charge in [-0.25, -0.2) is 4.98 Å². The van der Waals surface area contributed by atoms with Crippen LogP contribution in [0.25, 0.3) is 0 Å². The summed E-state index contributed by atoms with van der Waals surface area (Å²) in [4.78, 5) is 18.2. The summed E-state index contributed by atoms with van der Waals surface area (Å²) < 4.78 is 3.93. The van der Waals surface area contributed by atoms with Gasteiger partial charge >= 0.3 is 0 Å². The number of hydrogen-bond acceptors (Lipinski definition) is 5. The van der Waals surface area contributed by atoms with E-state index in [1.54, 1.807) is 11.0 Å². The van der Waals surface area contributed by atoms with E-state index in [1.807, 2.05) is 4.90 Å². The fraction of sp³-hybridized carbons (Fsp3) is 0.667. The van der Waals surface area contributed by atoms with Crippen molar-refractivity contribution in [1.29, 1.82) is 0 Å². The van der Waals surface area contributed by atoms with Crippen LogP contribution in [-0.4, -0.2) is 46.9 Å². The lowest BCUT2D eigenvalue weighted by molar-refractivity contribution is -0.133. The molecule has 3 heterocycles. The van der Waals surface area contributed by atoms with E-state index in [0.29, 0.717) is 32.0 Å². The molecule has 0 spiro atoms. The Bertz CT molecular complexity index is 661. The molecule has 1 amide bonds. The van der Waals surface area contributed by atoms with Gasteiger partial charge in [-0.15, -0.1) is 10.2 Å². The highest BCUT2D eigenvalue weighted by Crippen LogP contribution is 2.25. The molecule has 1 atom stereocenters. The summed E-state index contributed by atoms with van der Waals surface area (Å²) >= 11 is 0. The van der Waals surface area contributed by atoms with Crippen LogP contribution in [0.2, 0.25) is 0 Å². The van der Waals surface area contributed by atoms with Crippen molar-refractivity contribution in [1.82, 2.24) is 34.4 Å². The van der Waals surface area contributed by atoms with Crippen molar-refractivity contribution in [3.8, 4) is 0 Å². The molecule has 1 aliphatic rings. The number of nitrogens with zero attached hydrogens (tertiary/aromatic N) is 7. The number of fused-ring (bicyclic) bond motifs is 1. The Kier molecular flexibility index (Phi) is 4.40. The minimum atomic E-state index is 0.164. The fourth-order valence-corrected chi connectivity index (χ4v) is 3.04. The number of carbonyl (C=O) groups excluding carboxylic acids is 1. The van der Waals surface area contributed by atoms with Crippen LogP contribution >= 0.6 is 0 Å². The van der Waals surface area contributed by atoms with Crippen molar-refractivity contribution in [2.45, 2.75) is 58.7 Å². The number of carbonyl (C=O) groups is 1. The maximum atomic E-state index is 12.4. The molecule has 0 saturated carbocycles. The molecule has 8 heteroatoms. The smallest absolute Gasteiger partial charge is 0.223 e. The second-order valence-electron chi connectivity index (χ2n) is 6.38. The fourth-order valence-electron chi connectivity index (χ4n) is 3.04. The first-order chi connectivity index (χ1) is 11.1. The Labute approximate surface area is 135 Å². The summed E-state index contributed by atoms with van der Waals surface area (Å²) in [5.41, 5.74) is 0. The molecule has 124 valence electrons. The molecule has 0 aromatic carbocycles. The third kappa shape index (κ3) is 3.25. The van der Waals surface area contributed by atoms with Crippen LogP contribution < -0.4 is 0 Å². The van der Waals surface area contributed by atoms with Crippen molar-refractivity contribution >= 4 is 5.91 Å². The van der Waals surface area contributed by atoms with E-state index in [4.69, 9.17) is 0 Å². The summed E-state index contributed by atoms with van der Waals surface area (Å²) in [6.07, 6.45) is 4.45. The van der Waals surface area contributed by atoms with Crippen LogP contribution in [-0.2, 0) is 17.9 Å². The molecule has 0 saturated heterocycles. The van der Waals surface area contributed by atoms with E-state index < -0.39 is 0 Å². The molecular weight excluding hydrogens is 294 g/mol. The number of aryl methyl sites for hydroxylation is 1. The molecule has 3 rings (SSSR count). The van der Waals surface area contributed by atoms with Crippen LogP contribution in [0, 0.1) is 0 Å². The molecule has 0 aliphatic carbocycles. The van der Waals surface area contributed by atoms with Gasteiger partial charge in [0, 0.05) is 25.4 Å². The summed E-state index contributed by atoms with van der Waals surface area (Å²) in [5, 5.41) is 12.6. The number of aromatic nitrogens is 6. The van der Waals surface area contributed by atoms with Gasteiger partial charge in [-0.3, -0.25) is 9.48 Å². The molecule has 0 radical (unpaired) electrons. The Balaban J connectivity index is 1.60. The van der Waals surface area contributed by atoms with Crippen LogP contribution in [0.4, 0.5) is 0 Å². The monoisotopic (exact) mass is 317 g/mol. The minimum absolute atomic E-state index is 0.164. The zero-order valence-electron chi connectivity index (χ0n) is 13.9. The van der Waals surface area contributed by atoms with Gasteiger partial charge in [0.15, 0.2) is 5.82 Å². The van der Waals surface area contributed by atoms with Gasteiger partial charge in [0.05, 0.1) is 12.6 Å². The van der Waals surface area contributed by atoms with E-state index in [9.17, 15) is 4.79 Å². The quantitative estimate of drug-likeness (QED) is 0.832. The molecule has 23 heavy (non-hydrogen) atoms. The van der Waals surface area contributed by atoms with Crippen molar-refractivity contribution in [3.63, 3.8) is 0 Å². The predicted octanol–water partition coefficient (Wildman–Crippen LogP) is 1.38. The highest BCUT2D eigenvalue weighted by Gasteiger charge is 2.29. The average Bonchev–Trinajstić information content (AvgIpc) is 3.15. The van der Waals surface area contributed by atoms with Gasteiger partial charge in [-0.2, -0.15) is 5.10 Å². The molecule has 2 aromatic rings. The molecule has 0 N–H and O–H groups in total. The van der Waals surface area contributed by atoms with Crippen molar-refractivity contribution < 1.29 is 4.79 Å². The van der Waals surface area contributed by atoms with E-state index >= 15 is 0 Å². The van der Waals surface area contributed by atoms with Crippen molar-refractivity contribution in [2.24, 2.45) is 0 Å². The third-order valence-electron chi connectivity index (χ3n) is 4.16. The first kappa shape index (κ1) is 15.6. The summed E-state index contributed by atoms with van der Waals surface area (Å²) in [7, 11) is 0. The van der Waals surface area contributed by atoms with Crippen molar-refractivity contribution in [2.75, 3.05) is 6.54 Å². The average molecular weight is 317 g/mol. The van der Waals surface area contributed by atoms with E-state index in [-0.39, 0.29) is 11.9 Å². The largest absolute Gasteiger partial charge is 0.333 e. The molecular formula is C15H23N7O. The molecule has 0 bridgehead atoms.